The summed E-state index contributed by atoms with van der Waals surface area (Å²) in [5.74, 6) is -0.293. The summed E-state index contributed by atoms with van der Waals surface area (Å²) in [6.45, 7) is 0. The Labute approximate surface area is 127 Å². The average Bonchev–Trinajstić information content (AvgIpc) is 2.54. The lowest BCUT2D eigenvalue weighted by Gasteiger charge is -2.07. The second-order valence-electron chi connectivity index (χ2n) is 4.36. The lowest BCUT2D eigenvalue weighted by atomic mass is 10.1. The average molecular weight is 304 g/mol. The van der Waals surface area contributed by atoms with Crippen LogP contribution in [-0.4, -0.2) is 19.0 Å². The minimum absolute atomic E-state index is 0.252. The zero-order valence-corrected chi connectivity index (χ0v) is 12.2. The van der Waals surface area contributed by atoms with E-state index in [9.17, 15) is 9.59 Å². The van der Waals surface area contributed by atoms with Crippen LogP contribution in [0.1, 0.15) is 26.3 Å². The highest BCUT2D eigenvalue weighted by Crippen LogP contribution is 2.14. The molecule has 2 aromatic rings. The molecular formula is C16H14ClNO3. The Morgan fingerprint density at radius 3 is 2.43 bits per heavy atom. The lowest BCUT2D eigenvalue weighted by Crippen LogP contribution is -2.12. The lowest BCUT2D eigenvalue weighted by molar-refractivity contribution is 0.0600. The van der Waals surface area contributed by atoms with E-state index in [-0.39, 0.29) is 5.91 Å². The molecule has 0 aromatic heterocycles. The molecule has 0 aliphatic heterocycles. The highest BCUT2D eigenvalue weighted by Gasteiger charge is 2.09. The fourth-order valence-corrected chi connectivity index (χ4v) is 1.97. The third-order valence-corrected chi connectivity index (χ3v) is 3.22. The molecular weight excluding hydrogens is 290 g/mol. The molecule has 5 heteroatoms. The first-order valence-electron chi connectivity index (χ1n) is 6.28. The first-order chi connectivity index (χ1) is 10.1. The number of methoxy groups -OCH3 is 1. The van der Waals surface area contributed by atoms with Gasteiger partial charge in [-0.05, 0) is 35.9 Å². The van der Waals surface area contributed by atoms with Crippen molar-refractivity contribution in [3.8, 4) is 0 Å². The van der Waals surface area contributed by atoms with Gasteiger partial charge in [0, 0.05) is 17.1 Å². The summed E-state index contributed by atoms with van der Waals surface area (Å²) in [6.07, 6.45) is 0. The largest absolute Gasteiger partial charge is 0.465 e. The van der Waals surface area contributed by atoms with E-state index in [1.54, 1.807) is 48.5 Å². The van der Waals surface area contributed by atoms with E-state index < -0.39 is 5.97 Å². The quantitative estimate of drug-likeness (QED) is 0.695. The van der Waals surface area contributed by atoms with E-state index >= 15 is 0 Å². The molecule has 1 amide bonds. The number of carbonyl (C=O) groups excluding carboxylic acids is 2. The number of hydrogen-bond acceptors (Lipinski definition) is 3. The van der Waals surface area contributed by atoms with Crippen molar-refractivity contribution >= 4 is 29.2 Å². The van der Waals surface area contributed by atoms with Crippen LogP contribution in [-0.2, 0) is 10.6 Å². The molecule has 0 radical (unpaired) electrons. The monoisotopic (exact) mass is 303 g/mol. The molecule has 0 fully saturated rings. The Balaban J connectivity index is 2.13. The molecule has 21 heavy (non-hydrogen) atoms. The number of halogens is 1. The number of anilines is 1. The number of nitrogens with one attached hydrogen (secondary N) is 1. The Kier molecular flexibility index (Phi) is 4.95. The van der Waals surface area contributed by atoms with E-state index in [1.165, 1.54) is 7.11 Å². The Morgan fingerprint density at radius 2 is 1.81 bits per heavy atom. The molecule has 108 valence electrons. The van der Waals surface area contributed by atoms with Crippen molar-refractivity contribution in [2.45, 2.75) is 5.88 Å². The highest BCUT2D eigenvalue weighted by molar-refractivity contribution is 6.17. The molecule has 0 aliphatic carbocycles. The molecule has 0 unspecified atom stereocenters. The Morgan fingerprint density at radius 1 is 1.10 bits per heavy atom. The molecule has 0 saturated carbocycles. The minimum Gasteiger partial charge on any atom is -0.465 e. The SMILES string of the molecule is COC(=O)c1cccc(NC(=O)c2ccc(CCl)cc2)c1. The molecule has 1 N–H and O–H groups in total. The van der Waals surface area contributed by atoms with Crippen LogP contribution in [0, 0.1) is 0 Å². The van der Waals surface area contributed by atoms with Crippen LogP contribution in [0.25, 0.3) is 0 Å². The summed E-state index contributed by atoms with van der Waals surface area (Å²) < 4.78 is 4.64. The first-order valence-corrected chi connectivity index (χ1v) is 6.82. The maximum absolute atomic E-state index is 12.1. The molecule has 2 rings (SSSR count). The summed E-state index contributed by atoms with van der Waals surface area (Å²) >= 11 is 5.71. The number of rotatable bonds is 4. The number of hydrogen-bond donors (Lipinski definition) is 1. The topological polar surface area (TPSA) is 55.4 Å². The fourth-order valence-electron chi connectivity index (χ4n) is 1.79. The van der Waals surface area contributed by atoms with Gasteiger partial charge in [0.1, 0.15) is 0 Å². The van der Waals surface area contributed by atoms with Crippen LogP contribution in [0.2, 0.25) is 0 Å². The predicted octanol–water partition coefficient (Wildman–Crippen LogP) is 3.46. The number of esters is 1. The maximum atomic E-state index is 12.1. The van der Waals surface area contributed by atoms with Gasteiger partial charge in [0.2, 0.25) is 0 Å². The zero-order valence-electron chi connectivity index (χ0n) is 11.4. The Bertz CT molecular complexity index is 653. The molecule has 0 saturated heterocycles. The number of benzene rings is 2. The van der Waals surface area contributed by atoms with Crippen molar-refractivity contribution in [1.82, 2.24) is 0 Å². The number of carbonyl (C=O) groups is 2. The minimum atomic E-state index is -0.447. The third kappa shape index (κ3) is 3.83. The second kappa shape index (κ2) is 6.90. The van der Waals surface area contributed by atoms with Gasteiger partial charge in [0.15, 0.2) is 0 Å². The molecule has 0 spiro atoms. The third-order valence-electron chi connectivity index (χ3n) is 2.91. The van der Waals surface area contributed by atoms with Crippen LogP contribution in [0.15, 0.2) is 48.5 Å². The van der Waals surface area contributed by atoms with Gasteiger partial charge in [-0.2, -0.15) is 0 Å². The number of alkyl halides is 1. The summed E-state index contributed by atoms with van der Waals surface area (Å²) in [4.78, 5) is 23.5. The normalized spacial score (nSPS) is 10.0. The van der Waals surface area contributed by atoms with Gasteiger partial charge >= 0.3 is 5.97 Å². The van der Waals surface area contributed by atoms with E-state index in [1.807, 2.05) is 0 Å². The van der Waals surface area contributed by atoms with Gasteiger partial charge < -0.3 is 10.1 Å². The number of ether oxygens (including phenoxy) is 1. The summed E-state index contributed by atoms with van der Waals surface area (Å²) in [6, 6.07) is 13.6. The summed E-state index contributed by atoms with van der Waals surface area (Å²) in [7, 11) is 1.31. The predicted molar refractivity (Wildman–Crippen MR) is 81.7 cm³/mol. The highest BCUT2D eigenvalue weighted by atomic mass is 35.5. The molecule has 0 atom stereocenters. The molecule has 0 aliphatic rings. The van der Waals surface area contributed by atoms with Gasteiger partial charge in [-0.1, -0.05) is 18.2 Å². The summed E-state index contributed by atoms with van der Waals surface area (Å²) in [5, 5.41) is 2.74. The van der Waals surface area contributed by atoms with Gasteiger partial charge in [-0.15, -0.1) is 11.6 Å². The van der Waals surface area contributed by atoms with Crippen molar-refractivity contribution in [2.24, 2.45) is 0 Å². The van der Waals surface area contributed by atoms with Gasteiger partial charge in [0.25, 0.3) is 5.91 Å². The molecule has 4 nitrogen and oxygen atoms in total. The van der Waals surface area contributed by atoms with E-state index in [0.717, 1.165) is 5.56 Å². The molecule has 0 bridgehead atoms. The van der Waals surface area contributed by atoms with Crippen molar-refractivity contribution in [3.05, 3.63) is 65.2 Å². The van der Waals surface area contributed by atoms with Crippen molar-refractivity contribution in [3.63, 3.8) is 0 Å². The van der Waals surface area contributed by atoms with Gasteiger partial charge in [0.05, 0.1) is 12.7 Å². The van der Waals surface area contributed by atoms with Crippen LogP contribution in [0.4, 0.5) is 5.69 Å². The van der Waals surface area contributed by atoms with E-state index in [4.69, 9.17) is 11.6 Å². The van der Waals surface area contributed by atoms with Gasteiger partial charge in [-0.3, -0.25) is 4.79 Å². The van der Waals surface area contributed by atoms with Crippen molar-refractivity contribution in [1.29, 1.82) is 0 Å². The maximum Gasteiger partial charge on any atom is 0.337 e. The van der Waals surface area contributed by atoms with Crippen LogP contribution >= 0.6 is 11.6 Å². The fraction of sp³-hybridized carbons (Fsp3) is 0.125. The molecule has 0 heterocycles. The molecule has 2 aromatic carbocycles. The Hall–Kier alpha value is -2.33. The first kappa shape index (κ1) is 15.1. The van der Waals surface area contributed by atoms with Crippen LogP contribution in [0.3, 0.4) is 0 Å². The number of amides is 1. The zero-order chi connectivity index (χ0) is 15.2. The van der Waals surface area contributed by atoms with Crippen molar-refractivity contribution in [2.75, 3.05) is 12.4 Å². The van der Waals surface area contributed by atoms with E-state index in [2.05, 4.69) is 10.1 Å². The van der Waals surface area contributed by atoms with Crippen LogP contribution < -0.4 is 5.32 Å². The summed E-state index contributed by atoms with van der Waals surface area (Å²) in [5.41, 5.74) is 2.38. The van der Waals surface area contributed by atoms with Gasteiger partial charge in [-0.25, -0.2) is 4.79 Å². The van der Waals surface area contributed by atoms with E-state index in [0.29, 0.717) is 22.7 Å². The van der Waals surface area contributed by atoms with Crippen molar-refractivity contribution < 1.29 is 14.3 Å². The standard InChI is InChI=1S/C16H14ClNO3/c1-21-16(20)13-3-2-4-14(9-13)18-15(19)12-7-5-11(10-17)6-8-12/h2-9H,10H2,1H3,(H,18,19). The second-order valence-corrected chi connectivity index (χ2v) is 4.62. The van der Waals surface area contributed by atoms with Crippen LogP contribution in [0.5, 0.6) is 0 Å². The smallest absolute Gasteiger partial charge is 0.337 e.